The van der Waals surface area contributed by atoms with Gasteiger partial charge in [0.1, 0.15) is 5.75 Å². The van der Waals surface area contributed by atoms with Crippen LogP contribution in [0.25, 0.3) is 10.8 Å². The van der Waals surface area contributed by atoms with E-state index >= 15 is 0 Å². The molecule has 0 saturated carbocycles. The van der Waals surface area contributed by atoms with Crippen LogP contribution in [0, 0.1) is 5.41 Å². The molecule has 1 aliphatic carbocycles. The van der Waals surface area contributed by atoms with Crippen LogP contribution >= 0.6 is 11.8 Å². The van der Waals surface area contributed by atoms with E-state index in [1.807, 2.05) is 43.3 Å². The van der Waals surface area contributed by atoms with E-state index in [0.29, 0.717) is 6.42 Å². The number of fused-ring (bicyclic) bond motifs is 2. The standard InChI is InChI=1S/C30H34O4S/c1-17-20(4)35-21(5)26-16-30(6,28(19(3)31)27(17)26)12-13-34-29(32)18(2)22-8-9-24-15-25(33-7)11-10-23(24)14-22/h8-11,14-15,18H,12-13,16H2,1-7H3. The van der Waals surface area contributed by atoms with Gasteiger partial charge < -0.3 is 9.47 Å². The first kappa shape index (κ1) is 25.3. The van der Waals surface area contributed by atoms with Crippen LogP contribution in [0.4, 0.5) is 0 Å². The first-order valence-electron chi connectivity index (χ1n) is 12.1. The lowest BCUT2D eigenvalue weighted by Crippen LogP contribution is -2.24. The van der Waals surface area contributed by atoms with Crippen LogP contribution in [0.1, 0.15) is 65.9 Å². The largest absolute Gasteiger partial charge is 0.497 e. The summed E-state index contributed by atoms with van der Waals surface area (Å²) in [7, 11) is 1.65. The van der Waals surface area contributed by atoms with E-state index in [1.165, 1.54) is 21.0 Å². The Bertz CT molecular complexity index is 1310. The third-order valence-corrected chi connectivity index (χ3v) is 8.70. The quantitative estimate of drug-likeness (QED) is 0.376. The van der Waals surface area contributed by atoms with Crippen molar-refractivity contribution in [2.45, 2.75) is 60.3 Å². The van der Waals surface area contributed by atoms with Gasteiger partial charge in [-0.05, 0) is 102 Å². The molecule has 2 unspecified atom stereocenters. The third kappa shape index (κ3) is 4.71. The monoisotopic (exact) mass is 490 g/mol. The Morgan fingerprint density at radius 3 is 2.43 bits per heavy atom. The summed E-state index contributed by atoms with van der Waals surface area (Å²) in [5, 5.41) is 2.12. The highest BCUT2D eigenvalue weighted by Gasteiger charge is 2.44. The second-order valence-electron chi connectivity index (χ2n) is 9.97. The number of esters is 1. The molecule has 0 amide bonds. The molecule has 1 heterocycles. The number of allylic oxidation sites excluding steroid dienone is 6. The van der Waals surface area contributed by atoms with Crippen LogP contribution < -0.4 is 4.74 Å². The van der Waals surface area contributed by atoms with Gasteiger partial charge in [-0.25, -0.2) is 0 Å². The molecule has 1 aliphatic heterocycles. The van der Waals surface area contributed by atoms with Gasteiger partial charge in [-0.15, -0.1) is 0 Å². The number of ketones is 1. The molecule has 2 atom stereocenters. The fourth-order valence-corrected chi connectivity index (χ4v) is 6.38. The lowest BCUT2D eigenvalue weighted by molar-refractivity contribution is -0.145. The number of benzene rings is 2. The lowest BCUT2D eigenvalue weighted by atomic mass is 9.78. The van der Waals surface area contributed by atoms with Crippen molar-refractivity contribution in [2.75, 3.05) is 13.7 Å². The van der Waals surface area contributed by atoms with Gasteiger partial charge in [-0.2, -0.15) is 0 Å². The Hall–Kier alpha value is -2.79. The minimum atomic E-state index is -0.375. The number of methoxy groups -OCH3 is 1. The molecule has 5 heteroatoms. The normalized spacial score (nSPS) is 20.9. The first-order chi connectivity index (χ1) is 16.6. The molecule has 4 nitrogen and oxygen atoms in total. The van der Waals surface area contributed by atoms with Crippen LogP contribution in [0.5, 0.6) is 5.75 Å². The van der Waals surface area contributed by atoms with Crippen LogP contribution in [0.15, 0.2) is 68.5 Å². The highest BCUT2D eigenvalue weighted by Crippen LogP contribution is 2.56. The van der Waals surface area contributed by atoms with Crippen molar-refractivity contribution >= 4 is 34.3 Å². The lowest BCUT2D eigenvalue weighted by Gasteiger charge is -2.27. The Morgan fingerprint density at radius 2 is 1.74 bits per heavy atom. The zero-order valence-electron chi connectivity index (χ0n) is 21.7. The van der Waals surface area contributed by atoms with E-state index < -0.39 is 0 Å². The smallest absolute Gasteiger partial charge is 0.313 e. The van der Waals surface area contributed by atoms with Crippen LogP contribution in [0.2, 0.25) is 0 Å². The predicted octanol–water partition coefficient (Wildman–Crippen LogP) is 7.50. The Balaban J connectivity index is 1.48. The second kappa shape index (κ2) is 9.69. The number of thioether (sulfide) groups is 1. The predicted molar refractivity (Wildman–Crippen MR) is 144 cm³/mol. The maximum atomic E-state index is 12.9. The molecule has 35 heavy (non-hydrogen) atoms. The second-order valence-corrected chi connectivity index (χ2v) is 11.4. The Kier molecular flexibility index (Phi) is 7.01. The number of carbonyl (C=O) groups excluding carboxylic acids is 2. The van der Waals surface area contributed by atoms with Crippen molar-refractivity contribution in [2.24, 2.45) is 5.41 Å². The zero-order valence-corrected chi connectivity index (χ0v) is 22.5. The molecule has 2 aliphatic rings. The maximum Gasteiger partial charge on any atom is 0.313 e. The summed E-state index contributed by atoms with van der Waals surface area (Å²) < 4.78 is 11.1. The molecular weight excluding hydrogens is 456 g/mol. The third-order valence-electron chi connectivity index (χ3n) is 7.53. The number of carbonyl (C=O) groups is 2. The van der Waals surface area contributed by atoms with Gasteiger partial charge in [0, 0.05) is 11.0 Å². The molecule has 0 N–H and O–H groups in total. The zero-order chi connectivity index (χ0) is 25.5. The number of ether oxygens (including phenoxy) is 2. The number of hydrogen-bond donors (Lipinski definition) is 0. The van der Waals surface area contributed by atoms with E-state index in [0.717, 1.165) is 39.7 Å². The van der Waals surface area contributed by atoms with E-state index in [1.54, 1.807) is 25.8 Å². The first-order valence-corrected chi connectivity index (χ1v) is 12.9. The molecule has 0 saturated heterocycles. The fraction of sp³-hybridized carbons (Fsp3) is 0.400. The summed E-state index contributed by atoms with van der Waals surface area (Å²) in [5.41, 5.74) is 5.07. The number of rotatable bonds is 7. The molecule has 0 fully saturated rings. The number of hydrogen-bond acceptors (Lipinski definition) is 5. The van der Waals surface area contributed by atoms with E-state index in [2.05, 4.69) is 27.7 Å². The maximum absolute atomic E-state index is 12.9. The van der Waals surface area contributed by atoms with Crippen molar-refractivity contribution in [1.29, 1.82) is 0 Å². The van der Waals surface area contributed by atoms with Gasteiger partial charge >= 0.3 is 5.97 Å². The highest BCUT2D eigenvalue weighted by molar-refractivity contribution is 8.06. The van der Waals surface area contributed by atoms with E-state index in [4.69, 9.17) is 9.47 Å². The van der Waals surface area contributed by atoms with Gasteiger partial charge in [0.15, 0.2) is 5.78 Å². The van der Waals surface area contributed by atoms with Gasteiger partial charge in [-0.3, -0.25) is 9.59 Å². The van der Waals surface area contributed by atoms with Crippen LogP contribution in [-0.4, -0.2) is 25.5 Å². The number of Topliss-reactive ketones (excluding diaryl/α,β-unsaturated/α-hetero) is 1. The van der Waals surface area contributed by atoms with E-state index in [-0.39, 0.29) is 29.7 Å². The van der Waals surface area contributed by atoms with Crippen LogP contribution in [-0.2, 0) is 14.3 Å². The van der Waals surface area contributed by atoms with Crippen molar-refractivity contribution in [1.82, 2.24) is 0 Å². The van der Waals surface area contributed by atoms with E-state index in [9.17, 15) is 9.59 Å². The van der Waals surface area contributed by atoms with Crippen molar-refractivity contribution in [3.63, 3.8) is 0 Å². The molecule has 0 spiro atoms. The summed E-state index contributed by atoms with van der Waals surface area (Å²) in [5.74, 6) is 0.298. The van der Waals surface area contributed by atoms with Crippen molar-refractivity contribution in [3.8, 4) is 5.75 Å². The fourth-order valence-electron chi connectivity index (χ4n) is 5.37. The molecule has 0 aromatic heterocycles. The molecule has 0 radical (unpaired) electrons. The van der Waals surface area contributed by atoms with Gasteiger partial charge in [-0.1, -0.05) is 43.0 Å². The molecule has 4 rings (SSSR count). The topological polar surface area (TPSA) is 52.6 Å². The molecule has 2 aromatic carbocycles. The summed E-state index contributed by atoms with van der Waals surface area (Å²) in [4.78, 5) is 28.2. The molecular formula is C30H34O4S. The minimum Gasteiger partial charge on any atom is -0.497 e. The summed E-state index contributed by atoms with van der Waals surface area (Å²) in [6.07, 6.45) is 1.43. The van der Waals surface area contributed by atoms with Gasteiger partial charge in [0.2, 0.25) is 0 Å². The SMILES string of the molecule is COc1ccc2cc(C(C)C(=O)OCCC3(C)CC4=C(C)SC(C)=C(C)C4=C3C(C)=O)ccc2c1. The molecule has 2 aromatic rings. The Morgan fingerprint density at radius 1 is 1.06 bits per heavy atom. The van der Waals surface area contributed by atoms with Crippen molar-refractivity contribution < 1.29 is 19.1 Å². The van der Waals surface area contributed by atoms with Crippen molar-refractivity contribution in [3.05, 3.63) is 74.1 Å². The average Bonchev–Trinajstić information content (AvgIpc) is 3.15. The van der Waals surface area contributed by atoms with Crippen LogP contribution in [0.3, 0.4) is 0 Å². The average molecular weight is 491 g/mol. The van der Waals surface area contributed by atoms with Gasteiger partial charge in [0.05, 0.1) is 19.6 Å². The summed E-state index contributed by atoms with van der Waals surface area (Å²) in [6, 6.07) is 11.9. The molecule has 0 bridgehead atoms. The minimum absolute atomic E-state index is 0.108. The molecule has 184 valence electrons. The van der Waals surface area contributed by atoms with Gasteiger partial charge in [0.25, 0.3) is 0 Å². The highest BCUT2D eigenvalue weighted by atomic mass is 32.2. The summed E-state index contributed by atoms with van der Waals surface area (Å²) in [6.45, 7) is 12.3. The Labute approximate surface area is 212 Å². The summed E-state index contributed by atoms with van der Waals surface area (Å²) >= 11 is 1.79.